The number of fused-ring (bicyclic) bond motifs is 1. The van der Waals surface area contributed by atoms with Crippen molar-refractivity contribution >= 4 is 27.3 Å². The van der Waals surface area contributed by atoms with Gasteiger partial charge in [0.25, 0.3) is 0 Å². The van der Waals surface area contributed by atoms with E-state index >= 15 is 0 Å². The summed E-state index contributed by atoms with van der Waals surface area (Å²) < 4.78 is 8.23. The summed E-state index contributed by atoms with van der Waals surface area (Å²) in [7, 11) is 0. The van der Waals surface area contributed by atoms with Gasteiger partial charge in [-0.05, 0) is 22.4 Å². The molecule has 1 aliphatic heterocycles. The highest BCUT2D eigenvalue weighted by molar-refractivity contribution is 9.10. The van der Waals surface area contributed by atoms with E-state index in [9.17, 15) is 0 Å². The van der Waals surface area contributed by atoms with Gasteiger partial charge in [0.05, 0.1) is 12.0 Å². The van der Waals surface area contributed by atoms with Gasteiger partial charge in [-0.3, -0.25) is 4.40 Å². The van der Waals surface area contributed by atoms with Gasteiger partial charge in [-0.15, -0.1) is 0 Å². The number of halogens is 1. The molecule has 2 aromatic rings. The molecule has 3 rings (SSSR count). The predicted molar refractivity (Wildman–Crippen MR) is 67.9 cm³/mol. The summed E-state index contributed by atoms with van der Waals surface area (Å²) in [5.41, 5.74) is 6.66. The van der Waals surface area contributed by atoms with E-state index in [-0.39, 0.29) is 5.41 Å². The molecule has 90 valence electrons. The first-order valence-electron chi connectivity index (χ1n) is 5.48. The van der Waals surface area contributed by atoms with E-state index in [2.05, 4.69) is 32.8 Å². The van der Waals surface area contributed by atoms with Gasteiger partial charge < -0.3 is 10.5 Å². The third kappa shape index (κ3) is 1.55. The Balaban J connectivity index is 2.28. The molecule has 1 fully saturated rings. The third-order valence-corrected chi connectivity index (χ3v) is 3.85. The molecule has 2 aromatic heterocycles. The van der Waals surface area contributed by atoms with Crippen molar-refractivity contribution in [3.05, 3.63) is 22.8 Å². The number of nitrogens with two attached hydrogens (primary N) is 1. The molecule has 1 atom stereocenters. The van der Waals surface area contributed by atoms with Crippen LogP contribution in [-0.2, 0) is 10.2 Å². The minimum absolute atomic E-state index is 0.0528. The molecule has 6 heteroatoms. The van der Waals surface area contributed by atoms with Crippen molar-refractivity contribution in [2.75, 3.05) is 18.9 Å². The van der Waals surface area contributed by atoms with Gasteiger partial charge in [-0.1, -0.05) is 6.92 Å². The second kappa shape index (κ2) is 3.68. The van der Waals surface area contributed by atoms with Crippen molar-refractivity contribution in [1.82, 2.24) is 14.4 Å². The fourth-order valence-electron chi connectivity index (χ4n) is 2.29. The van der Waals surface area contributed by atoms with Crippen LogP contribution in [0.4, 0.5) is 5.82 Å². The standard InChI is InChI=1S/C11H13BrN4O/c1-11(2-5-17-6-11)10-15-8(12)7-9(13)14-3-4-16(7)10/h3-4H,2,5-6H2,1H3,(H2,13,14). The Morgan fingerprint density at radius 3 is 3.12 bits per heavy atom. The molecule has 2 N–H and O–H groups in total. The molecule has 0 aromatic carbocycles. The lowest BCUT2D eigenvalue weighted by atomic mass is 9.89. The van der Waals surface area contributed by atoms with Crippen LogP contribution < -0.4 is 5.73 Å². The number of rotatable bonds is 1. The van der Waals surface area contributed by atoms with Crippen molar-refractivity contribution in [3.8, 4) is 0 Å². The number of imidazole rings is 1. The molecular formula is C11H13BrN4O. The number of anilines is 1. The Morgan fingerprint density at radius 1 is 1.59 bits per heavy atom. The first kappa shape index (κ1) is 11.0. The number of ether oxygens (including phenoxy) is 1. The van der Waals surface area contributed by atoms with Crippen LogP contribution in [0.15, 0.2) is 17.0 Å². The maximum absolute atomic E-state index is 5.88. The summed E-state index contributed by atoms with van der Waals surface area (Å²) in [5, 5.41) is 0. The second-order valence-electron chi connectivity index (χ2n) is 4.62. The van der Waals surface area contributed by atoms with E-state index < -0.39 is 0 Å². The molecular weight excluding hydrogens is 284 g/mol. The summed E-state index contributed by atoms with van der Waals surface area (Å²) in [6.07, 6.45) is 4.56. The Labute approximate surface area is 107 Å². The molecule has 0 aliphatic carbocycles. The molecule has 0 spiro atoms. The predicted octanol–water partition coefficient (Wildman–Crippen LogP) is 1.75. The zero-order valence-electron chi connectivity index (χ0n) is 9.48. The fourth-order valence-corrected chi connectivity index (χ4v) is 2.85. The summed E-state index contributed by atoms with van der Waals surface area (Å²) in [4.78, 5) is 8.67. The van der Waals surface area contributed by atoms with Crippen LogP contribution in [0.3, 0.4) is 0 Å². The van der Waals surface area contributed by atoms with Gasteiger partial charge in [-0.2, -0.15) is 0 Å². The Bertz CT molecular complexity index is 574. The van der Waals surface area contributed by atoms with Crippen molar-refractivity contribution in [1.29, 1.82) is 0 Å². The first-order chi connectivity index (χ1) is 8.12. The van der Waals surface area contributed by atoms with E-state index in [4.69, 9.17) is 10.5 Å². The quantitative estimate of drug-likeness (QED) is 0.871. The highest BCUT2D eigenvalue weighted by Gasteiger charge is 2.36. The molecule has 1 unspecified atom stereocenters. The van der Waals surface area contributed by atoms with Crippen molar-refractivity contribution in [2.24, 2.45) is 0 Å². The lowest BCUT2D eigenvalue weighted by molar-refractivity contribution is 0.179. The summed E-state index contributed by atoms with van der Waals surface area (Å²) >= 11 is 3.45. The molecule has 17 heavy (non-hydrogen) atoms. The molecule has 1 saturated heterocycles. The van der Waals surface area contributed by atoms with Crippen molar-refractivity contribution in [3.63, 3.8) is 0 Å². The van der Waals surface area contributed by atoms with Gasteiger partial charge in [0.15, 0.2) is 5.82 Å². The largest absolute Gasteiger partial charge is 0.382 e. The highest BCUT2D eigenvalue weighted by Crippen LogP contribution is 2.35. The average molecular weight is 297 g/mol. The van der Waals surface area contributed by atoms with Crippen LogP contribution in [0.5, 0.6) is 0 Å². The number of nitrogen functional groups attached to an aromatic ring is 1. The van der Waals surface area contributed by atoms with E-state index in [0.29, 0.717) is 12.4 Å². The highest BCUT2D eigenvalue weighted by atomic mass is 79.9. The molecule has 0 bridgehead atoms. The summed E-state index contributed by atoms with van der Waals surface area (Å²) in [6.45, 7) is 3.64. The minimum atomic E-state index is -0.0528. The smallest absolute Gasteiger partial charge is 0.150 e. The van der Waals surface area contributed by atoms with Crippen LogP contribution in [0, 0.1) is 0 Å². The fraction of sp³-hybridized carbons (Fsp3) is 0.455. The van der Waals surface area contributed by atoms with E-state index in [1.807, 2.05) is 10.6 Å². The number of hydrogen-bond donors (Lipinski definition) is 1. The molecule has 5 nitrogen and oxygen atoms in total. The molecule has 0 radical (unpaired) electrons. The topological polar surface area (TPSA) is 65.4 Å². The second-order valence-corrected chi connectivity index (χ2v) is 5.37. The maximum atomic E-state index is 5.88. The number of nitrogens with zero attached hydrogens (tertiary/aromatic N) is 3. The monoisotopic (exact) mass is 296 g/mol. The zero-order valence-corrected chi connectivity index (χ0v) is 11.1. The Hall–Kier alpha value is -1.14. The summed E-state index contributed by atoms with van der Waals surface area (Å²) in [5.74, 6) is 1.46. The summed E-state index contributed by atoms with van der Waals surface area (Å²) in [6, 6.07) is 0. The molecule has 0 saturated carbocycles. The van der Waals surface area contributed by atoms with E-state index in [1.165, 1.54) is 0 Å². The SMILES string of the molecule is CC1(c2nc(Br)c3c(N)nccn23)CCOC1. The molecule has 3 heterocycles. The van der Waals surface area contributed by atoms with Crippen LogP contribution in [0.25, 0.3) is 5.52 Å². The molecule has 1 aliphatic rings. The van der Waals surface area contributed by atoms with Crippen molar-refractivity contribution < 1.29 is 4.74 Å². The van der Waals surface area contributed by atoms with E-state index in [0.717, 1.165) is 29.0 Å². The third-order valence-electron chi connectivity index (χ3n) is 3.30. The van der Waals surface area contributed by atoms with Gasteiger partial charge in [0.1, 0.15) is 15.9 Å². The van der Waals surface area contributed by atoms with Crippen LogP contribution in [0.2, 0.25) is 0 Å². The molecule has 0 amide bonds. The normalized spacial score (nSPS) is 24.6. The van der Waals surface area contributed by atoms with Gasteiger partial charge in [0.2, 0.25) is 0 Å². The van der Waals surface area contributed by atoms with Crippen LogP contribution >= 0.6 is 15.9 Å². The number of hydrogen-bond acceptors (Lipinski definition) is 4. The van der Waals surface area contributed by atoms with Crippen LogP contribution in [-0.4, -0.2) is 27.6 Å². The van der Waals surface area contributed by atoms with Gasteiger partial charge in [0, 0.05) is 19.0 Å². The van der Waals surface area contributed by atoms with Gasteiger partial charge in [-0.25, -0.2) is 9.97 Å². The Morgan fingerprint density at radius 2 is 2.41 bits per heavy atom. The van der Waals surface area contributed by atoms with E-state index in [1.54, 1.807) is 6.20 Å². The van der Waals surface area contributed by atoms with Gasteiger partial charge >= 0.3 is 0 Å². The lowest BCUT2D eigenvalue weighted by Gasteiger charge is -2.19. The Kier molecular flexibility index (Phi) is 2.38. The minimum Gasteiger partial charge on any atom is -0.382 e. The first-order valence-corrected chi connectivity index (χ1v) is 6.27. The average Bonchev–Trinajstić information content (AvgIpc) is 2.86. The maximum Gasteiger partial charge on any atom is 0.150 e. The lowest BCUT2D eigenvalue weighted by Crippen LogP contribution is -2.25. The van der Waals surface area contributed by atoms with Crippen molar-refractivity contribution in [2.45, 2.75) is 18.8 Å². The number of aromatic nitrogens is 3. The zero-order chi connectivity index (χ0) is 12.0. The van der Waals surface area contributed by atoms with Crippen LogP contribution in [0.1, 0.15) is 19.2 Å².